The first-order valence-corrected chi connectivity index (χ1v) is 7.90. The van der Waals surface area contributed by atoms with E-state index < -0.39 is 9.84 Å². The third kappa shape index (κ3) is 6.14. The monoisotopic (exact) mass is 263 g/mol. The van der Waals surface area contributed by atoms with E-state index in [9.17, 15) is 13.2 Å². The van der Waals surface area contributed by atoms with Gasteiger partial charge in [0.05, 0.1) is 11.9 Å². The summed E-state index contributed by atoms with van der Waals surface area (Å²) in [5.41, 5.74) is 0. The summed E-state index contributed by atoms with van der Waals surface area (Å²) in [5, 5.41) is 3.21. The van der Waals surface area contributed by atoms with Gasteiger partial charge in [0.1, 0.15) is 16.4 Å². The van der Waals surface area contributed by atoms with Crippen LogP contribution in [0.1, 0.15) is 26.2 Å². The summed E-state index contributed by atoms with van der Waals surface area (Å²) in [6.45, 7) is 3.47. The van der Waals surface area contributed by atoms with Gasteiger partial charge in [0, 0.05) is 12.2 Å². The summed E-state index contributed by atoms with van der Waals surface area (Å²) in [6.07, 6.45) is 2.05. The topological polar surface area (TPSA) is 72.5 Å². The molecule has 6 heteroatoms. The molecule has 1 saturated heterocycles. The molecule has 0 unspecified atom stereocenters. The Morgan fingerprint density at radius 3 is 2.59 bits per heavy atom. The maximum atomic E-state index is 11.4. The zero-order valence-corrected chi connectivity index (χ0v) is 11.1. The zero-order valence-electron chi connectivity index (χ0n) is 10.3. The number of nitrogens with one attached hydrogen (secondary N) is 1. The molecule has 100 valence electrons. The molecule has 0 aromatic rings. The maximum Gasteiger partial charge on any atom is 0.159 e. The van der Waals surface area contributed by atoms with E-state index in [0.29, 0.717) is 0 Å². The minimum absolute atomic E-state index is 0.0455. The van der Waals surface area contributed by atoms with Crippen molar-refractivity contribution in [2.75, 3.05) is 31.2 Å². The number of hydrogen-bond acceptors (Lipinski definition) is 5. The molecule has 1 aliphatic rings. The number of ketones is 1. The number of carbonyl (C=O) groups is 1. The molecule has 0 atom stereocenters. The molecule has 17 heavy (non-hydrogen) atoms. The summed E-state index contributed by atoms with van der Waals surface area (Å²) >= 11 is 0. The Bertz CT molecular complexity index is 333. The largest absolute Gasteiger partial charge is 0.370 e. The fraction of sp³-hybridized carbons (Fsp3) is 0.909. The predicted molar refractivity (Wildman–Crippen MR) is 65.8 cm³/mol. The van der Waals surface area contributed by atoms with Crippen molar-refractivity contribution in [1.82, 2.24) is 5.32 Å². The van der Waals surface area contributed by atoms with Crippen LogP contribution in [0.4, 0.5) is 0 Å². The smallest absolute Gasteiger partial charge is 0.159 e. The van der Waals surface area contributed by atoms with Gasteiger partial charge in [-0.3, -0.25) is 4.79 Å². The minimum Gasteiger partial charge on any atom is -0.370 e. The highest BCUT2D eigenvalue weighted by molar-refractivity contribution is 7.91. The van der Waals surface area contributed by atoms with Gasteiger partial charge in [0.2, 0.25) is 0 Å². The third-order valence-corrected chi connectivity index (χ3v) is 4.60. The van der Waals surface area contributed by atoms with Crippen LogP contribution in [0, 0.1) is 0 Å². The van der Waals surface area contributed by atoms with Gasteiger partial charge in [0.25, 0.3) is 0 Å². The highest BCUT2D eigenvalue weighted by atomic mass is 32.2. The lowest BCUT2D eigenvalue weighted by Gasteiger charge is -2.22. The Kier molecular flexibility index (Phi) is 6.08. The Morgan fingerprint density at radius 2 is 2.00 bits per heavy atom. The molecule has 0 spiro atoms. The molecule has 1 aliphatic heterocycles. The van der Waals surface area contributed by atoms with E-state index in [0.717, 1.165) is 25.9 Å². The summed E-state index contributed by atoms with van der Waals surface area (Å²) in [4.78, 5) is 11.4. The van der Waals surface area contributed by atoms with Gasteiger partial charge in [-0.1, -0.05) is 6.92 Å². The molecule has 1 rings (SSSR count). The molecule has 0 aromatic heterocycles. The van der Waals surface area contributed by atoms with Crippen molar-refractivity contribution < 1.29 is 17.9 Å². The Balaban J connectivity index is 2.16. The molecule has 1 N–H and O–H groups in total. The highest BCUT2D eigenvalue weighted by Gasteiger charge is 2.16. The highest BCUT2D eigenvalue weighted by Crippen LogP contribution is 2.07. The van der Waals surface area contributed by atoms with E-state index in [1.54, 1.807) is 6.92 Å². The average Bonchev–Trinajstić information content (AvgIpc) is 2.35. The van der Waals surface area contributed by atoms with E-state index in [1.807, 2.05) is 0 Å². The lowest BCUT2D eigenvalue weighted by Crippen LogP contribution is -2.33. The molecular formula is C11H21NO4S. The number of Topliss-reactive ketones (excluding diaryl/α,β-unsaturated/α-hetero) is 1. The lowest BCUT2D eigenvalue weighted by molar-refractivity contribution is -0.125. The Labute approximate surface area is 103 Å². The van der Waals surface area contributed by atoms with Crippen LogP contribution >= 0.6 is 0 Å². The van der Waals surface area contributed by atoms with Crippen LogP contribution in [0.25, 0.3) is 0 Å². The summed E-state index contributed by atoms with van der Waals surface area (Å²) < 4.78 is 27.9. The molecule has 0 amide bonds. The average molecular weight is 263 g/mol. The van der Waals surface area contributed by atoms with Crippen molar-refractivity contribution in [3.8, 4) is 0 Å². The number of carbonyl (C=O) groups excluding carboxylic acids is 1. The summed E-state index contributed by atoms with van der Waals surface area (Å²) in [5.74, 6) is -0.0894. The molecular weight excluding hydrogens is 242 g/mol. The first kappa shape index (κ1) is 14.6. The maximum absolute atomic E-state index is 11.4. The lowest BCUT2D eigenvalue weighted by atomic mass is 10.1. The van der Waals surface area contributed by atoms with Crippen LogP contribution in [-0.2, 0) is 19.4 Å². The fourth-order valence-electron chi connectivity index (χ4n) is 1.66. The van der Waals surface area contributed by atoms with Crippen molar-refractivity contribution in [3.05, 3.63) is 0 Å². The Hall–Kier alpha value is -0.460. The predicted octanol–water partition coefficient (Wildman–Crippen LogP) is 0.149. The summed E-state index contributed by atoms with van der Waals surface area (Å²) in [6, 6.07) is 0. The number of sulfone groups is 1. The van der Waals surface area contributed by atoms with Crippen LogP contribution in [0.15, 0.2) is 0 Å². The van der Waals surface area contributed by atoms with Gasteiger partial charge in [-0.15, -0.1) is 0 Å². The van der Waals surface area contributed by atoms with Gasteiger partial charge >= 0.3 is 0 Å². The van der Waals surface area contributed by atoms with Crippen molar-refractivity contribution in [1.29, 1.82) is 0 Å². The second-order valence-electron chi connectivity index (χ2n) is 4.29. The molecule has 1 heterocycles. The van der Waals surface area contributed by atoms with Gasteiger partial charge in [-0.2, -0.15) is 0 Å². The molecule has 0 saturated carbocycles. The summed E-state index contributed by atoms with van der Waals surface area (Å²) in [7, 11) is -3.04. The third-order valence-electron chi connectivity index (χ3n) is 2.90. The van der Waals surface area contributed by atoms with Crippen molar-refractivity contribution in [3.63, 3.8) is 0 Å². The molecule has 0 aliphatic carbocycles. The van der Waals surface area contributed by atoms with Crippen molar-refractivity contribution in [2.24, 2.45) is 0 Å². The number of piperidine rings is 1. The van der Waals surface area contributed by atoms with Crippen molar-refractivity contribution in [2.45, 2.75) is 32.3 Å². The van der Waals surface area contributed by atoms with Crippen LogP contribution < -0.4 is 5.32 Å². The minimum atomic E-state index is -3.04. The van der Waals surface area contributed by atoms with Crippen LogP contribution in [-0.4, -0.2) is 51.5 Å². The normalized spacial score (nSPS) is 18.2. The molecule has 1 fully saturated rings. The van der Waals surface area contributed by atoms with Gasteiger partial charge in [-0.05, 0) is 25.9 Å². The SMILES string of the molecule is CCS(=O)(=O)CCC(=O)COC1CCNCC1. The van der Waals surface area contributed by atoms with E-state index in [-0.39, 0.29) is 36.4 Å². The molecule has 5 nitrogen and oxygen atoms in total. The standard InChI is InChI=1S/C11H21NO4S/c1-2-17(14,15)8-5-10(13)9-16-11-3-6-12-7-4-11/h11-12H,2-9H2,1H3. The van der Waals surface area contributed by atoms with E-state index in [2.05, 4.69) is 5.32 Å². The first-order valence-electron chi connectivity index (χ1n) is 6.08. The van der Waals surface area contributed by atoms with E-state index in [1.165, 1.54) is 0 Å². The van der Waals surface area contributed by atoms with Gasteiger partial charge in [0.15, 0.2) is 5.78 Å². The molecule has 0 bridgehead atoms. The number of ether oxygens (including phenoxy) is 1. The number of rotatable bonds is 7. The Morgan fingerprint density at radius 1 is 1.35 bits per heavy atom. The van der Waals surface area contributed by atoms with E-state index >= 15 is 0 Å². The van der Waals surface area contributed by atoms with Gasteiger partial charge in [-0.25, -0.2) is 8.42 Å². The number of hydrogen-bond donors (Lipinski definition) is 1. The fourth-order valence-corrected chi connectivity index (χ4v) is 2.49. The zero-order chi connectivity index (χ0) is 12.7. The van der Waals surface area contributed by atoms with Crippen LogP contribution in [0.2, 0.25) is 0 Å². The second kappa shape index (κ2) is 7.08. The second-order valence-corrected chi connectivity index (χ2v) is 6.76. The van der Waals surface area contributed by atoms with E-state index in [4.69, 9.17) is 4.74 Å². The molecule has 0 radical (unpaired) electrons. The van der Waals surface area contributed by atoms with Crippen LogP contribution in [0.5, 0.6) is 0 Å². The van der Waals surface area contributed by atoms with Crippen molar-refractivity contribution >= 4 is 15.6 Å². The van der Waals surface area contributed by atoms with Crippen LogP contribution in [0.3, 0.4) is 0 Å². The first-order chi connectivity index (χ1) is 8.03. The quantitative estimate of drug-likeness (QED) is 0.708. The molecule has 0 aromatic carbocycles. The van der Waals surface area contributed by atoms with Gasteiger partial charge < -0.3 is 10.1 Å².